The van der Waals surface area contributed by atoms with E-state index < -0.39 is 0 Å². The van der Waals surface area contributed by atoms with E-state index in [4.69, 9.17) is 0 Å². The molecule has 100 valence electrons. The molecule has 1 rings (SSSR count). The molecule has 1 aliphatic heterocycles. The lowest BCUT2D eigenvalue weighted by Gasteiger charge is -2.34. The second-order valence-corrected chi connectivity index (χ2v) is 4.70. The van der Waals surface area contributed by atoms with Crippen LogP contribution in [0.2, 0.25) is 0 Å². The molecule has 0 aromatic carbocycles. The van der Waals surface area contributed by atoms with Crippen LogP contribution < -0.4 is 5.32 Å². The van der Waals surface area contributed by atoms with Gasteiger partial charge in [-0.05, 0) is 19.5 Å². The average molecular weight is 241 g/mol. The smallest absolute Gasteiger partial charge is 0.236 e. The van der Waals surface area contributed by atoms with Crippen molar-refractivity contribution in [3.8, 4) is 0 Å². The average Bonchev–Trinajstić information content (AvgIpc) is 2.38. The highest BCUT2D eigenvalue weighted by Crippen LogP contribution is 2.01. The van der Waals surface area contributed by atoms with Crippen molar-refractivity contribution in [3.63, 3.8) is 0 Å². The van der Waals surface area contributed by atoms with Gasteiger partial charge in [-0.15, -0.1) is 0 Å². The van der Waals surface area contributed by atoms with Crippen LogP contribution in [0.4, 0.5) is 0 Å². The van der Waals surface area contributed by atoms with Gasteiger partial charge in [0.1, 0.15) is 0 Å². The molecule has 1 fully saturated rings. The van der Waals surface area contributed by atoms with Gasteiger partial charge in [0.2, 0.25) is 5.91 Å². The molecule has 0 aliphatic carbocycles. The lowest BCUT2D eigenvalue weighted by molar-refractivity contribution is -0.131. The number of hydrogen-bond acceptors (Lipinski definition) is 3. The lowest BCUT2D eigenvalue weighted by Crippen LogP contribution is -2.50. The molecule has 1 aliphatic rings. The minimum atomic E-state index is 0.261. The molecule has 0 saturated carbocycles. The quantitative estimate of drug-likeness (QED) is 0.674. The summed E-state index contributed by atoms with van der Waals surface area (Å²) in [4.78, 5) is 16.2. The molecule has 0 atom stereocenters. The summed E-state index contributed by atoms with van der Waals surface area (Å²) in [6.07, 6.45) is 3.65. The van der Waals surface area contributed by atoms with Crippen LogP contribution in [0, 0.1) is 0 Å². The summed E-state index contributed by atoms with van der Waals surface area (Å²) in [6.45, 7) is 10.8. The molecule has 0 bridgehead atoms. The third kappa shape index (κ3) is 5.50. The van der Waals surface area contributed by atoms with Gasteiger partial charge in [0.05, 0.1) is 6.54 Å². The molecule has 17 heavy (non-hydrogen) atoms. The third-order valence-electron chi connectivity index (χ3n) is 3.41. The van der Waals surface area contributed by atoms with Crippen LogP contribution in [-0.4, -0.2) is 61.5 Å². The van der Waals surface area contributed by atoms with Gasteiger partial charge in [0, 0.05) is 26.2 Å². The molecular weight excluding hydrogens is 214 g/mol. The lowest BCUT2D eigenvalue weighted by atomic mass is 10.2. The number of hydrogen-bond donors (Lipinski definition) is 1. The zero-order valence-corrected chi connectivity index (χ0v) is 11.4. The minimum absolute atomic E-state index is 0.261. The van der Waals surface area contributed by atoms with Crippen molar-refractivity contribution >= 4 is 5.91 Å². The zero-order valence-electron chi connectivity index (χ0n) is 11.4. The molecule has 4 nitrogen and oxygen atoms in total. The first-order valence-electron chi connectivity index (χ1n) is 6.98. The first-order valence-corrected chi connectivity index (χ1v) is 6.98. The van der Waals surface area contributed by atoms with E-state index in [0.29, 0.717) is 6.54 Å². The van der Waals surface area contributed by atoms with Crippen LogP contribution in [0.1, 0.15) is 33.1 Å². The Morgan fingerprint density at radius 3 is 2.41 bits per heavy atom. The van der Waals surface area contributed by atoms with Gasteiger partial charge in [-0.1, -0.05) is 26.7 Å². The summed E-state index contributed by atoms with van der Waals surface area (Å²) in [5.74, 6) is 0.261. The summed E-state index contributed by atoms with van der Waals surface area (Å²) in [5, 5.41) is 3.24. The molecule has 1 amide bonds. The van der Waals surface area contributed by atoms with Crippen molar-refractivity contribution in [1.82, 2.24) is 15.1 Å². The Kier molecular flexibility index (Phi) is 7.21. The summed E-state index contributed by atoms with van der Waals surface area (Å²) >= 11 is 0. The fraction of sp³-hybridized carbons (Fsp3) is 0.923. The van der Waals surface area contributed by atoms with Gasteiger partial charge in [-0.3, -0.25) is 4.79 Å². The van der Waals surface area contributed by atoms with Crippen LogP contribution in [0.15, 0.2) is 0 Å². The maximum Gasteiger partial charge on any atom is 0.236 e. The monoisotopic (exact) mass is 241 g/mol. The topological polar surface area (TPSA) is 35.6 Å². The van der Waals surface area contributed by atoms with Gasteiger partial charge in [-0.25, -0.2) is 0 Å². The maximum absolute atomic E-state index is 11.9. The van der Waals surface area contributed by atoms with Crippen LogP contribution >= 0.6 is 0 Å². The highest BCUT2D eigenvalue weighted by molar-refractivity contribution is 5.78. The highest BCUT2D eigenvalue weighted by atomic mass is 16.2. The number of likely N-dealkylation sites (N-methyl/N-ethyl adjacent to an activating group) is 1. The first kappa shape index (κ1) is 14.5. The van der Waals surface area contributed by atoms with Crippen molar-refractivity contribution < 1.29 is 4.79 Å². The summed E-state index contributed by atoms with van der Waals surface area (Å²) in [7, 11) is 0. The number of unbranched alkanes of at least 4 members (excludes halogenated alkanes) is 2. The van der Waals surface area contributed by atoms with E-state index in [2.05, 4.69) is 24.1 Å². The number of nitrogens with one attached hydrogen (secondary N) is 1. The molecule has 0 unspecified atom stereocenters. The Hall–Kier alpha value is -0.610. The third-order valence-corrected chi connectivity index (χ3v) is 3.41. The van der Waals surface area contributed by atoms with Gasteiger partial charge >= 0.3 is 0 Å². The normalized spacial score (nSPS) is 17.4. The molecule has 0 radical (unpaired) electrons. The second kappa shape index (κ2) is 8.48. The van der Waals surface area contributed by atoms with Crippen molar-refractivity contribution in [1.29, 1.82) is 0 Å². The first-order chi connectivity index (χ1) is 8.27. The summed E-state index contributed by atoms with van der Waals surface area (Å²) in [6, 6.07) is 0. The number of carbonyl (C=O) groups is 1. The van der Waals surface area contributed by atoms with Gasteiger partial charge in [-0.2, -0.15) is 0 Å². The Morgan fingerprint density at radius 2 is 1.82 bits per heavy atom. The van der Waals surface area contributed by atoms with E-state index in [1.165, 1.54) is 19.3 Å². The van der Waals surface area contributed by atoms with Crippen LogP contribution in [0.5, 0.6) is 0 Å². The predicted octanol–water partition coefficient (Wildman–Crippen LogP) is 0.930. The molecule has 4 heteroatoms. The zero-order chi connectivity index (χ0) is 12.5. The number of carbonyl (C=O) groups excluding carboxylic acids is 1. The molecule has 0 aromatic heterocycles. The molecule has 1 N–H and O–H groups in total. The van der Waals surface area contributed by atoms with Crippen LogP contribution in [0.25, 0.3) is 0 Å². The van der Waals surface area contributed by atoms with Crippen molar-refractivity contribution in [2.75, 3.05) is 45.8 Å². The van der Waals surface area contributed by atoms with E-state index in [1.54, 1.807) is 0 Å². The summed E-state index contributed by atoms with van der Waals surface area (Å²) < 4.78 is 0. The van der Waals surface area contributed by atoms with Crippen LogP contribution in [0.3, 0.4) is 0 Å². The van der Waals surface area contributed by atoms with E-state index >= 15 is 0 Å². The fourth-order valence-electron chi connectivity index (χ4n) is 2.12. The van der Waals surface area contributed by atoms with Crippen molar-refractivity contribution in [2.45, 2.75) is 33.1 Å². The highest BCUT2D eigenvalue weighted by Gasteiger charge is 2.19. The number of nitrogens with zero attached hydrogens (tertiary/aromatic N) is 2. The van der Waals surface area contributed by atoms with E-state index in [-0.39, 0.29) is 5.91 Å². The Balaban J connectivity index is 2.08. The van der Waals surface area contributed by atoms with Crippen LogP contribution in [-0.2, 0) is 4.79 Å². The van der Waals surface area contributed by atoms with E-state index in [1.807, 2.05) is 4.90 Å². The molecular formula is C13H27N3O. The molecule has 0 spiro atoms. The second-order valence-electron chi connectivity index (χ2n) is 4.70. The summed E-state index contributed by atoms with van der Waals surface area (Å²) in [5.41, 5.74) is 0. The Bertz CT molecular complexity index is 213. The molecule has 0 aromatic rings. The molecule has 1 saturated heterocycles. The largest absolute Gasteiger partial charge is 0.339 e. The van der Waals surface area contributed by atoms with Gasteiger partial charge in [0.15, 0.2) is 0 Å². The van der Waals surface area contributed by atoms with E-state index in [9.17, 15) is 4.79 Å². The van der Waals surface area contributed by atoms with E-state index in [0.717, 1.165) is 39.3 Å². The predicted molar refractivity (Wildman–Crippen MR) is 71.1 cm³/mol. The Labute approximate surface area is 105 Å². The maximum atomic E-state index is 11.9. The Morgan fingerprint density at radius 1 is 1.12 bits per heavy atom. The van der Waals surface area contributed by atoms with Crippen molar-refractivity contribution in [3.05, 3.63) is 0 Å². The number of piperazine rings is 1. The number of rotatable bonds is 7. The number of amides is 1. The minimum Gasteiger partial charge on any atom is -0.339 e. The molecule has 1 heterocycles. The standard InChI is InChI=1S/C13H27N3O/c1-3-5-6-7-14-12-13(17)16-10-8-15(4-2)9-11-16/h14H,3-12H2,1-2H3. The van der Waals surface area contributed by atoms with Gasteiger partial charge in [0.25, 0.3) is 0 Å². The fourth-order valence-corrected chi connectivity index (χ4v) is 2.12. The SMILES string of the molecule is CCCCCNCC(=O)N1CCN(CC)CC1. The van der Waals surface area contributed by atoms with Gasteiger partial charge < -0.3 is 15.1 Å². The van der Waals surface area contributed by atoms with Crippen molar-refractivity contribution in [2.24, 2.45) is 0 Å².